The molecule has 0 radical (unpaired) electrons. The summed E-state index contributed by atoms with van der Waals surface area (Å²) in [7, 11) is 4.79. The van der Waals surface area contributed by atoms with Gasteiger partial charge >= 0.3 is 0 Å². The number of methoxy groups -OCH3 is 2. The Morgan fingerprint density at radius 2 is 1.44 bits per heavy atom. The number of benzene rings is 4. The van der Waals surface area contributed by atoms with Gasteiger partial charge in [-0.1, -0.05) is 48.0 Å². The molecule has 0 saturated heterocycles. The van der Waals surface area contributed by atoms with Crippen LogP contribution in [0.4, 0.5) is 11.4 Å². The second kappa shape index (κ2) is 13.5. The number of hydrogen-bond acceptors (Lipinski definition) is 8. The third-order valence-electron chi connectivity index (χ3n) is 7.39. The van der Waals surface area contributed by atoms with Crippen LogP contribution in [0, 0.1) is 0 Å². The molecule has 0 saturated carbocycles. The third kappa shape index (κ3) is 6.62. The third-order valence-corrected chi connectivity index (χ3v) is 7.65. The molecule has 0 spiro atoms. The van der Waals surface area contributed by atoms with Crippen molar-refractivity contribution in [1.29, 1.82) is 0 Å². The Labute approximate surface area is 265 Å². The van der Waals surface area contributed by atoms with Gasteiger partial charge in [0.25, 0.3) is 0 Å². The van der Waals surface area contributed by atoms with Crippen LogP contribution in [0.3, 0.4) is 0 Å². The molecule has 1 heterocycles. The highest BCUT2D eigenvalue weighted by atomic mass is 35.5. The first kappa shape index (κ1) is 31.1. The zero-order valence-electron chi connectivity index (χ0n) is 24.7. The second-order valence-electron chi connectivity index (χ2n) is 10.1. The van der Waals surface area contributed by atoms with Crippen LogP contribution in [-0.4, -0.2) is 48.7 Å². The number of ether oxygens (including phenoxy) is 2. The molecule has 45 heavy (non-hydrogen) atoms. The molecule has 1 N–H and O–H groups in total. The van der Waals surface area contributed by atoms with E-state index in [2.05, 4.69) is 4.98 Å². The first-order chi connectivity index (χ1) is 21.7. The molecule has 4 aromatic carbocycles. The number of halogens is 1. The molecule has 5 aromatic rings. The molecule has 0 aliphatic carbocycles. The van der Waals surface area contributed by atoms with E-state index in [4.69, 9.17) is 21.1 Å². The summed E-state index contributed by atoms with van der Waals surface area (Å²) in [6.45, 7) is 0. The number of Topliss-reactive ketones (excluding diaryl/α,β-unsaturated/α-hetero) is 1. The van der Waals surface area contributed by atoms with Gasteiger partial charge in [0.2, 0.25) is 5.78 Å². The van der Waals surface area contributed by atoms with Crippen molar-refractivity contribution in [3.05, 3.63) is 148 Å². The molecule has 8 nitrogen and oxygen atoms in total. The monoisotopic (exact) mass is 620 g/mol. The fourth-order valence-corrected chi connectivity index (χ4v) is 4.98. The normalized spacial score (nSPS) is 11.4. The minimum Gasteiger partial charge on any atom is -0.497 e. The van der Waals surface area contributed by atoms with E-state index in [9.17, 15) is 19.5 Å². The zero-order chi connectivity index (χ0) is 32.1. The number of rotatable bonds is 11. The van der Waals surface area contributed by atoms with E-state index in [1.807, 2.05) is 24.1 Å². The minimum absolute atomic E-state index is 0.0170. The molecule has 5 rings (SSSR count). The van der Waals surface area contributed by atoms with Gasteiger partial charge in [-0.15, -0.1) is 0 Å². The molecule has 0 amide bonds. The molecule has 1 unspecified atom stereocenters. The highest BCUT2D eigenvalue weighted by molar-refractivity contribution is 6.30. The van der Waals surface area contributed by atoms with E-state index < -0.39 is 23.5 Å². The summed E-state index contributed by atoms with van der Waals surface area (Å²) in [5.41, 5.74) is 2.40. The SMILES string of the molecule is COc1ccc(C(=O)c2ccc(C(=O)c3ccc(N(C)c4ccc(Cl)cc4)cn3)cc2C(O)C(=O)c2ccccc2)c(OC)c1. The highest BCUT2D eigenvalue weighted by Crippen LogP contribution is 2.32. The highest BCUT2D eigenvalue weighted by Gasteiger charge is 2.28. The lowest BCUT2D eigenvalue weighted by atomic mass is 9.89. The Morgan fingerprint density at radius 1 is 0.756 bits per heavy atom. The number of carbonyl (C=O) groups is 3. The number of pyridine rings is 1. The summed E-state index contributed by atoms with van der Waals surface area (Å²) in [6.07, 6.45) is -0.156. The first-order valence-corrected chi connectivity index (χ1v) is 14.3. The number of aliphatic hydroxyl groups is 1. The van der Waals surface area contributed by atoms with E-state index in [0.29, 0.717) is 10.8 Å². The van der Waals surface area contributed by atoms with Gasteiger partial charge in [-0.2, -0.15) is 0 Å². The molecule has 0 bridgehead atoms. The maximum Gasteiger partial charge on any atom is 0.211 e. The fourth-order valence-electron chi connectivity index (χ4n) is 4.85. The lowest BCUT2D eigenvalue weighted by Crippen LogP contribution is -2.18. The van der Waals surface area contributed by atoms with Gasteiger partial charge in [-0.25, -0.2) is 0 Å². The van der Waals surface area contributed by atoms with Gasteiger partial charge in [0.15, 0.2) is 11.6 Å². The van der Waals surface area contributed by atoms with Crippen molar-refractivity contribution < 1.29 is 29.0 Å². The van der Waals surface area contributed by atoms with Crippen LogP contribution in [0.15, 0.2) is 109 Å². The number of nitrogens with zero attached hydrogens (tertiary/aromatic N) is 2. The van der Waals surface area contributed by atoms with Crippen molar-refractivity contribution in [1.82, 2.24) is 4.98 Å². The molecule has 0 aliphatic heterocycles. The molecular weight excluding hydrogens is 592 g/mol. The molecular formula is C36H29ClN2O6. The average molecular weight is 621 g/mol. The Morgan fingerprint density at radius 3 is 2.09 bits per heavy atom. The summed E-state index contributed by atoms with van der Waals surface area (Å²) >= 11 is 6.01. The maximum absolute atomic E-state index is 13.8. The Balaban J connectivity index is 1.52. The number of aromatic nitrogens is 1. The van der Waals surface area contributed by atoms with Crippen LogP contribution in [-0.2, 0) is 0 Å². The number of carbonyl (C=O) groups excluding carboxylic acids is 3. The summed E-state index contributed by atoms with van der Waals surface area (Å²) in [5, 5.41) is 12.0. The fraction of sp³-hybridized carbons (Fsp3) is 0.111. The summed E-state index contributed by atoms with van der Waals surface area (Å²) in [6, 6.07) is 27.9. The Hall–Kier alpha value is -5.31. The number of ketones is 3. The van der Waals surface area contributed by atoms with Crippen LogP contribution in [0.5, 0.6) is 11.5 Å². The van der Waals surface area contributed by atoms with Crippen LogP contribution in [0.25, 0.3) is 0 Å². The van der Waals surface area contributed by atoms with Crippen LogP contribution in [0.1, 0.15) is 54.0 Å². The van der Waals surface area contributed by atoms with Crippen molar-refractivity contribution in [3.63, 3.8) is 0 Å². The minimum atomic E-state index is -1.73. The van der Waals surface area contributed by atoms with E-state index in [0.717, 1.165) is 11.4 Å². The molecule has 9 heteroatoms. The number of anilines is 2. The first-order valence-electron chi connectivity index (χ1n) is 13.9. The van der Waals surface area contributed by atoms with E-state index in [-0.39, 0.29) is 39.3 Å². The standard InChI is InChI=1S/C36H29ClN2O6/c1-39(25-12-10-24(37)11-13-25)26-14-18-31(38-21-26)33(40)23-9-16-28(35(42)29-17-15-27(44-2)20-32(29)45-3)30(19-23)36(43)34(41)22-7-5-4-6-8-22/h4-21,36,43H,1-3H3. The Bertz CT molecular complexity index is 1860. The molecule has 1 atom stereocenters. The van der Waals surface area contributed by atoms with Gasteiger partial charge in [0.1, 0.15) is 23.3 Å². The average Bonchev–Trinajstić information content (AvgIpc) is 3.10. The van der Waals surface area contributed by atoms with Gasteiger partial charge < -0.3 is 19.5 Å². The van der Waals surface area contributed by atoms with Crippen molar-refractivity contribution in [2.24, 2.45) is 0 Å². The largest absolute Gasteiger partial charge is 0.497 e. The maximum atomic E-state index is 13.8. The summed E-state index contributed by atoms with van der Waals surface area (Å²) in [5.74, 6) is -0.832. The van der Waals surface area contributed by atoms with Crippen LogP contribution in [0.2, 0.25) is 5.02 Å². The van der Waals surface area contributed by atoms with Crippen molar-refractivity contribution in [2.75, 3.05) is 26.2 Å². The van der Waals surface area contributed by atoms with Crippen molar-refractivity contribution in [2.45, 2.75) is 6.10 Å². The number of aliphatic hydroxyl groups excluding tert-OH is 1. The molecule has 0 aliphatic rings. The molecule has 226 valence electrons. The zero-order valence-corrected chi connectivity index (χ0v) is 25.5. The number of hydrogen-bond donors (Lipinski definition) is 1. The van der Waals surface area contributed by atoms with Crippen LogP contribution >= 0.6 is 11.6 Å². The predicted octanol–water partition coefficient (Wildman–Crippen LogP) is 6.90. The van der Waals surface area contributed by atoms with E-state index in [1.54, 1.807) is 79.0 Å². The topological polar surface area (TPSA) is 106 Å². The summed E-state index contributed by atoms with van der Waals surface area (Å²) in [4.78, 5) is 47.1. The van der Waals surface area contributed by atoms with Crippen molar-refractivity contribution in [3.8, 4) is 11.5 Å². The van der Waals surface area contributed by atoms with Gasteiger partial charge in [-0.05, 0) is 60.7 Å². The van der Waals surface area contributed by atoms with Crippen LogP contribution < -0.4 is 14.4 Å². The van der Waals surface area contributed by atoms with E-state index >= 15 is 0 Å². The molecule has 0 fully saturated rings. The van der Waals surface area contributed by atoms with Gasteiger partial charge in [-0.3, -0.25) is 19.4 Å². The molecule has 1 aromatic heterocycles. The quantitative estimate of drug-likeness (QED) is 0.159. The lowest BCUT2D eigenvalue weighted by molar-refractivity contribution is 0.0744. The summed E-state index contributed by atoms with van der Waals surface area (Å²) < 4.78 is 10.7. The smallest absolute Gasteiger partial charge is 0.211 e. The second-order valence-corrected chi connectivity index (χ2v) is 10.5. The van der Waals surface area contributed by atoms with Crippen molar-refractivity contribution >= 4 is 40.3 Å². The Kier molecular flexibility index (Phi) is 9.37. The predicted molar refractivity (Wildman–Crippen MR) is 172 cm³/mol. The lowest BCUT2D eigenvalue weighted by Gasteiger charge is -2.19. The van der Waals surface area contributed by atoms with Gasteiger partial charge in [0, 0.05) is 46.1 Å². The van der Waals surface area contributed by atoms with E-state index in [1.165, 1.54) is 32.4 Å². The van der Waals surface area contributed by atoms with Gasteiger partial charge in [0.05, 0.1) is 31.7 Å².